The Bertz CT molecular complexity index is 1600. The molecule has 2 aromatic rings. The van der Waals surface area contributed by atoms with Crippen LogP contribution in [0, 0.1) is 5.92 Å². The van der Waals surface area contributed by atoms with E-state index in [0.29, 0.717) is 18.5 Å². The average molecular weight is 749 g/mol. The molecular formula is C36H56N6O11. The van der Waals surface area contributed by atoms with Crippen molar-refractivity contribution in [1.29, 1.82) is 0 Å². The lowest BCUT2D eigenvalue weighted by atomic mass is 9.96. The molecule has 2 fully saturated rings. The third kappa shape index (κ3) is 11.3. The van der Waals surface area contributed by atoms with Gasteiger partial charge < -0.3 is 48.1 Å². The fourth-order valence-corrected chi connectivity index (χ4v) is 6.20. The first-order valence-corrected chi connectivity index (χ1v) is 17.7. The van der Waals surface area contributed by atoms with Crippen molar-refractivity contribution in [2.45, 2.75) is 142 Å². The summed E-state index contributed by atoms with van der Waals surface area (Å²) in [5, 5.41) is 12.6. The maximum atomic E-state index is 13.5. The van der Waals surface area contributed by atoms with Gasteiger partial charge in [-0.3, -0.25) is 0 Å². The summed E-state index contributed by atoms with van der Waals surface area (Å²) in [6.45, 7) is 18.7. The number of nitrogens with zero attached hydrogens (tertiary/aromatic N) is 5. The van der Waals surface area contributed by atoms with E-state index in [0.717, 1.165) is 4.90 Å². The first-order chi connectivity index (χ1) is 24.5. The topological polar surface area (TPSA) is 195 Å². The molecule has 0 bridgehead atoms. The zero-order valence-corrected chi connectivity index (χ0v) is 32.9. The highest BCUT2D eigenvalue weighted by atomic mass is 16.8. The quantitative estimate of drug-likeness (QED) is 0.168. The van der Waals surface area contributed by atoms with E-state index in [2.05, 4.69) is 20.3 Å². The molecule has 4 rings (SSSR count). The van der Waals surface area contributed by atoms with Crippen molar-refractivity contribution < 1.29 is 52.6 Å². The fraction of sp³-hybridized carbons (Fsp3) is 0.722. The summed E-state index contributed by atoms with van der Waals surface area (Å²) in [6.07, 6.45) is 3.40. The van der Waals surface area contributed by atoms with Gasteiger partial charge >= 0.3 is 18.3 Å². The molecule has 0 spiro atoms. The number of aromatic nitrogens is 4. The molecule has 2 aliphatic rings. The van der Waals surface area contributed by atoms with Gasteiger partial charge in [-0.2, -0.15) is 4.90 Å². The highest BCUT2D eigenvalue weighted by Gasteiger charge is 2.55. The molecule has 2 N–H and O–H groups in total. The van der Waals surface area contributed by atoms with E-state index in [1.165, 1.54) is 13.4 Å². The van der Waals surface area contributed by atoms with E-state index in [4.69, 9.17) is 33.2 Å². The van der Waals surface area contributed by atoms with Gasteiger partial charge in [-0.1, -0.05) is 12.2 Å². The van der Waals surface area contributed by atoms with Crippen molar-refractivity contribution in [3.05, 3.63) is 24.8 Å². The molecule has 1 aliphatic carbocycles. The van der Waals surface area contributed by atoms with Gasteiger partial charge in [0.25, 0.3) is 0 Å². The lowest BCUT2D eigenvalue weighted by Crippen LogP contribution is -2.44. The minimum absolute atomic E-state index is 0.00301. The Labute approximate surface area is 310 Å². The third-order valence-electron chi connectivity index (χ3n) is 8.00. The summed E-state index contributed by atoms with van der Waals surface area (Å²) in [6, 6.07) is -1.05. The number of carbonyl (C=O) groups is 3. The van der Waals surface area contributed by atoms with E-state index in [-0.39, 0.29) is 42.8 Å². The zero-order valence-electron chi connectivity index (χ0n) is 32.9. The van der Waals surface area contributed by atoms with Crippen LogP contribution in [0.2, 0.25) is 0 Å². The smallest absolute Gasteiger partial charge is 0.425 e. The number of alkyl carbamates (subject to hydrolysis) is 1. The normalized spacial score (nSPS) is 22.7. The molecule has 0 radical (unpaired) electrons. The van der Waals surface area contributed by atoms with Crippen LogP contribution in [-0.4, -0.2) is 110 Å². The number of ether oxygens (including phenoxy) is 7. The Morgan fingerprint density at radius 3 is 2.13 bits per heavy atom. The Kier molecular flexibility index (Phi) is 12.8. The first kappa shape index (κ1) is 41.9. The van der Waals surface area contributed by atoms with E-state index in [1.54, 1.807) is 80.8 Å². The molecule has 3 heterocycles. The average Bonchev–Trinajstić information content (AvgIpc) is 3.66. The molecule has 53 heavy (non-hydrogen) atoms. The van der Waals surface area contributed by atoms with Gasteiger partial charge in [-0.15, -0.1) is 0 Å². The number of methoxy groups -OCH3 is 1. The van der Waals surface area contributed by atoms with Crippen LogP contribution in [0.25, 0.3) is 11.2 Å². The van der Waals surface area contributed by atoms with Crippen LogP contribution in [0.3, 0.4) is 0 Å². The monoisotopic (exact) mass is 748 g/mol. The number of nitrogens with one attached hydrogen (secondary N) is 1. The summed E-state index contributed by atoms with van der Waals surface area (Å²) < 4.78 is 42.5. The third-order valence-corrected chi connectivity index (χ3v) is 8.00. The van der Waals surface area contributed by atoms with Crippen molar-refractivity contribution in [3.8, 4) is 0 Å². The molecule has 17 nitrogen and oxygen atoms in total. The molecule has 3 amide bonds. The zero-order chi connectivity index (χ0) is 39.5. The molecule has 2 aromatic heterocycles. The van der Waals surface area contributed by atoms with E-state index in [9.17, 15) is 19.5 Å². The van der Waals surface area contributed by atoms with Gasteiger partial charge in [0.15, 0.2) is 22.8 Å². The second-order valence-electron chi connectivity index (χ2n) is 16.6. The summed E-state index contributed by atoms with van der Waals surface area (Å²) in [4.78, 5) is 53.4. The standard InChI is InChI=1S/C36H56N6O11/c1-33(2,3)51-30(44)40-22(17-43)13-14-23(48-20-47-12)15-21-16-24(27-26(21)49-36(10,11)50-27)41-19-39-25-28(41)37-18-38-29(25)42(31(45)52-34(4,5)6)32(46)53-35(7,8)9/h13-14,18-19,21-24,26-27,43H,15-17,20H2,1-12H3,(H,40,44)/b14-13+/t21-,22-,23-,24+,26+,27-/m0/s1. The number of hydrogen-bond donors (Lipinski definition) is 2. The number of imide groups is 1. The fourth-order valence-electron chi connectivity index (χ4n) is 6.20. The molecule has 0 unspecified atom stereocenters. The lowest BCUT2D eigenvalue weighted by molar-refractivity contribution is -0.162. The van der Waals surface area contributed by atoms with E-state index >= 15 is 0 Å². The maximum absolute atomic E-state index is 13.5. The highest BCUT2D eigenvalue weighted by molar-refractivity contribution is 6.12. The summed E-state index contributed by atoms with van der Waals surface area (Å²) >= 11 is 0. The predicted octanol–water partition coefficient (Wildman–Crippen LogP) is 5.41. The maximum Gasteiger partial charge on any atom is 0.425 e. The Morgan fingerprint density at radius 2 is 1.57 bits per heavy atom. The number of imidazole rings is 1. The molecule has 1 saturated carbocycles. The molecule has 6 atom stereocenters. The summed E-state index contributed by atoms with van der Waals surface area (Å²) in [5.74, 6) is -1.10. The number of hydrogen-bond acceptors (Lipinski definition) is 14. The Morgan fingerprint density at radius 1 is 0.962 bits per heavy atom. The molecule has 1 saturated heterocycles. The van der Waals surface area contributed by atoms with Crippen molar-refractivity contribution in [3.63, 3.8) is 0 Å². The van der Waals surface area contributed by atoms with Crippen molar-refractivity contribution >= 4 is 35.3 Å². The van der Waals surface area contributed by atoms with Gasteiger partial charge in [-0.05, 0) is 94.9 Å². The van der Waals surface area contributed by atoms with Crippen LogP contribution >= 0.6 is 0 Å². The minimum atomic E-state index is -0.976. The first-order valence-electron chi connectivity index (χ1n) is 17.7. The Balaban J connectivity index is 1.65. The predicted molar refractivity (Wildman–Crippen MR) is 192 cm³/mol. The SMILES string of the molecule is COCO[C@@H](/C=C/[C@@H](CO)NC(=O)OC(C)(C)C)C[C@H]1C[C@@H](n2cnc3c(N(C(=O)OC(C)(C)C)C(=O)OC(C)(C)C)ncnc32)[C@@H]2OC(C)(C)O[C@H]12. The number of carbonyl (C=O) groups excluding carboxylic acids is 3. The number of rotatable bonds is 11. The molecule has 296 valence electrons. The van der Waals surface area contributed by atoms with Crippen LogP contribution in [0.5, 0.6) is 0 Å². The van der Waals surface area contributed by atoms with Gasteiger partial charge in [0.05, 0.1) is 37.2 Å². The van der Waals surface area contributed by atoms with Crippen molar-refractivity contribution in [2.75, 3.05) is 25.4 Å². The van der Waals surface area contributed by atoms with Gasteiger partial charge in [0, 0.05) is 7.11 Å². The number of amides is 3. The Hall–Kier alpha value is -3.90. The molecule has 17 heteroatoms. The van der Waals surface area contributed by atoms with Crippen LogP contribution in [0.15, 0.2) is 24.8 Å². The second kappa shape index (κ2) is 16.2. The number of fused-ring (bicyclic) bond motifs is 2. The van der Waals surface area contributed by atoms with Crippen LogP contribution in [0.4, 0.5) is 20.2 Å². The number of aliphatic hydroxyl groups excluding tert-OH is 1. The molecule has 1 aliphatic heterocycles. The largest absolute Gasteiger partial charge is 0.444 e. The summed E-state index contributed by atoms with van der Waals surface area (Å²) in [7, 11) is 1.52. The second-order valence-corrected chi connectivity index (χ2v) is 16.6. The summed E-state index contributed by atoms with van der Waals surface area (Å²) in [5.41, 5.74) is -2.00. The van der Waals surface area contributed by atoms with E-state index in [1.807, 2.05) is 18.4 Å². The van der Waals surface area contributed by atoms with Gasteiger partial charge in [0.1, 0.15) is 36.0 Å². The molecular weight excluding hydrogens is 692 g/mol. The van der Waals surface area contributed by atoms with Crippen LogP contribution in [-0.2, 0) is 33.2 Å². The minimum Gasteiger partial charge on any atom is -0.444 e. The van der Waals surface area contributed by atoms with Crippen molar-refractivity contribution in [1.82, 2.24) is 24.8 Å². The molecule has 0 aromatic carbocycles. The lowest BCUT2D eigenvalue weighted by Gasteiger charge is -2.28. The van der Waals surface area contributed by atoms with Gasteiger partial charge in [0.2, 0.25) is 0 Å². The van der Waals surface area contributed by atoms with Crippen LogP contribution < -0.4 is 10.2 Å². The van der Waals surface area contributed by atoms with E-state index < -0.39 is 59.1 Å². The van der Waals surface area contributed by atoms with Crippen LogP contribution in [0.1, 0.15) is 95.0 Å². The number of anilines is 1. The highest BCUT2D eigenvalue weighted by Crippen LogP contribution is 2.49. The van der Waals surface area contributed by atoms with Crippen molar-refractivity contribution in [2.24, 2.45) is 5.92 Å². The number of aliphatic hydroxyl groups is 1. The van der Waals surface area contributed by atoms with Gasteiger partial charge in [-0.25, -0.2) is 29.3 Å².